The summed E-state index contributed by atoms with van der Waals surface area (Å²) in [4.78, 5) is 7.53. The molecule has 84 valence electrons. The molecule has 2 rings (SSSR count). The summed E-state index contributed by atoms with van der Waals surface area (Å²) in [6.45, 7) is 6.96. The lowest BCUT2D eigenvalue weighted by molar-refractivity contribution is 0.401. The predicted molar refractivity (Wildman–Crippen MR) is 66.8 cm³/mol. The molecule has 1 aromatic carbocycles. The molecule has 0 aliphatic heterocycles. The third-order valence-corrected chi connectivity index (χ3v) is 2.20. The van der Waals surface area contributed by atoms with Crippen LogP contribution in [0.25, 0.3) is 4.85 Å². The summed E-state index contributed by atoms with van der Waals surface area (Å²) in [6, 6.07) is 13.1. The summed E-state index contributed by atoms with van der Waals surface area (Å²) >= 11 is 0. The minimum Gasteiger partial charge on any atom is -0.490 e. The zero-order valence-electron chi connectivity index (χ0n) is 9.34. The van der Waals surface area contributed by atoms with Crippen molar-refractivity contribution in [1.82, 2.24) is 4.98 Å². The van der Waals surface area contributed by atoms with Crippen LogP contribution < -0.4 is 10.1 Å². The van der Waals surface area contributed by atoms with E-state index in [2.05, 4.69) is 15.1 Å². The molecular weight excluding hydrogens is 214 g/mol. The van der Waals surface area contributed by atoms with E-state index in [0.717, 1.165) is 5.69 Å². The lowest BCUT2D eigenvalue weighted by atomic mass is 10.3. The second-order valence-corrected chi connectivity index (χ2v) is 3.33. The van der Waals surface area contributed by atoms with Crippen molar-refractivity contribution in [2.24, 2.45) is 0 Å². The number of hydrogen-bond donors (Lipinski definition) is 1. The van der Waals surface area contributed by atoms with Crippen LogP contribution in [0.4, 0.5) is 17.2 Å². The van der Waals surface area contributed by atoms with E-state index >= 15 is 0 Å². The smallest absolute Gasteiger partial charge is 0.247 e. The van der Waals surface area contributed by atoms with Crippen molar-refractivity contribution in [3.8, 4) is 5.88 Å². The molecule has 0 aliphatic rings. The number of aromatic nitrogens is 1. The van der Waals surface area contributed by atoms with Gasteiger partial charge in [-0.15, -0.1) is 0 Å². The van der Waals surface area contributed by atoms with E-state index in [1.54, 1.807) is 12.1 Å². The highest BCUT2D eigenvalue weighted by atomic mass is 16.5. The average molecular weight is 225 g/mol. The van der Waals surface area contributed by atoms with E-state index in [1.807, 2.05) is 30.3 Å². The van der Waals surface area contributed by atoms with Gasteiger partial charge in [-0.3, -0.25) is 0 Å². The Hall–Kier alpha value is -2.54. The summed E-state index contributed by atoms with van der Waals surface area (Å²) in [5.74, 6) is 0.987. The van der Waals surface area contributed by atoms with Crippen molar-refractivity contribution >= 4 is 17.2 Å². The first kappa shape index (κ1) is 11.0. The molecule has 0 unspecified atom stereocenters. The summed E-state index contributed by atoms with van der Waals surface area (Å²) in [5, 5.41) is 3.14. The molecule has 4 heteroatoms. The van der Waals surface area contributed by atoms with Crippen molar-refractivity contribution in [2.75, 3.05) is 12.4 Å². The highest BCUT2D eigenvalue weighted by Gasteiger charge is 2.05. The molecule has 0 saturated carbocycles. The van der Waals surface area contributed by atoms with Crippen LogP contribution in [0.15, 0.2) is 42.5 Å². The normalized spacial score (nSPS) is 9.41. The minimum atomic E-state index is 0.334. The van der Waals surface area contributed by atoms with E-state index in [4.69, 9.17) is 11.3 Å². The quantitative estimate of drug-likeness (QED) is 0.814. The Morgan fingerprint density at radius 2 is 1.94 bits per heavy atom. The van der Waals surface area contributed by atoms with Crippen LogP contribution in [-0.2, 0) is 0 Å². The zero-order chi connectivity index (χ0) is 12.1. The van der Waals surface area contributed by atoms with Crippen molar-refractivity contribution in [3.63, 3.8) is 0 Å². The highest BCUT2D eigenvalue weighted by Crippen LogP contribution is 2.27. The third-order valence-electron chi connectivity index (χ3n) is 2.20. The molecule has 0 atom stereocenters. The molecule has 1 N–H and O–H groups in total. The van der Waals surface area contributed by atoms with Gasteiger partial charge in [0.25, 0.3) is 0 Å². The maximum Gasteiger partial charge on any atom is 0.247 e. The topological polar surface area (TPSA) is 38.5 Å². The SMILES string of the molecule is [C-]#[N+]c1ccc(Nc2ccccc2)nc1OC. The Morgan fingerprint density at radius 3 is 2.59 bits per heavy atom. The number of benzene rings is 1. The van der Waals surface area contributed by atoms with Gasteiger partial charge >= 0.3 is 0 Å². The zero-order valence-corrected chi connectivity index (χ0v) is 9.34. The Bertz CT molecular complexity index is 546. The van der Waals surface area contributed by atoms with Crippen LogP contribution in [-0.4, -0.2) is 12.1 Å². The monoisotopic (exact) mass is 225 g/mol. The van der Waals surface area contributed by atoms with Gasteiger partial charge in [-0.25, -0.2) is 9.83 Å². The number of rotatable bonds is 3. The van der Waals surface area contributed by atoms with Gasteiger partial charge in [-0.1, -0.05) is 18.2 Å². The van der Waals surface area contributed by atoms with Crippen molar-refractivity contribution < 1.29 is 4.74 Å². The lowest BCUT2D eigenvalue weighted by Gasteiger charge is -2.07. The molecule has 17 heavy (non-hydrogen) atoms. The second kappa shape index (κ2) is 4.99. The summed E-state index contributed by atoms with van der Waals surface area (Å²) < 4.78 is 5.05. The Kier molecular flexibility index (Phi) is 3.22. The summed E-state index contributed by atoms with van der Waals surface area (Å²) in [7, 11) is 1.50. The molecule has 1 aromatic heterocycles. The van der Waals surface area contributed by atoms with E-state index in [0.29, 0.717) is 17.4 Å². The first-order chi connectivity index (χ1) is 8.33. The molecule has 2 aromatic rings. The number of nitrogens with zero attached hydrogens (tertiary/aromatic N) is 2. The molecule has 4 nitrogen and oxygen atoms in total. The van der Waals surface area contributed by atoms with Gasteiger partial charge in [0.15, 0.2) is 0 Å². The van der Waals surface area contributed by atoms with Crippen LogP contribution in [0.3, 0.4) is 0 Å². The minimum absolute atomic E-state index is 0.334. The van der Waals surface area contributed by atoms with Gasteiger partial charge in [0.05, 0.1) is 13.7 Å². The van der Waals surface area contributed by atoms with E-state index < -0.39 is 0 Å². The van der Waals surface area contributed by atoms with E-state index in [9.17, 15) is 0 Å². The van der Waals surface area contributed by atoms with Crippen LogP contribution in [0.5, 0.6) is 5.88 Å². The highest BCUT2D eigenvalue weighted by molar-refractivity contribution is 5.62. The number of ether oxygens (including phenoxy) is 1. The number of pyridine rings is 1. The summed E-state index contributed by atoms with van der Waals surface area (Å²) in [5.41, 5.74) is 1.35. The van der Waals surface area contributed by atoms with Gasteiger partial charge in [0.2, 0.25) is 11.6 Å². The first-order valence-corrected chi connectivity index (χ1v) is 5.08. The molecule has 0 amide bonds. The largest absolute Gasteiger partial charge is 0.490 e. The van der Waals surface area contributed by atoms with Gasteiger partial charge in [0, 0.05) is 5.69 Å². The Morgan fingerprint density at radius 1 is 1.18 bits per heavy atom. The third kappa shape index (κ3) is 2.52. The van der Waals surface area contributed by atoms with Crippen LogP contribution >= 0.6 is 0 Å². The van der Waals surface area contributed by atoms with Gasteiger partial charge in [0.1, 0.15) is 5.82 Å². The molecule has 0 bridgehead atoms. The van der Waals surface area contributed by atoms with Gasteiger partial charge in [-0.05, 0) is 24.3 Å². The molecule has 0 aliphatic carbocycles. The maximum atomic E-state index is 6.96. The second-order valence-electron chi connectivity index (χ2n) is 3.33. The molecule has 1 heterocycles. The van der Waals surface area contributed by atoms with Crippen molar-refractivity contribution in [2.45, 2.75) is 0 Å². The predicted octanol–water partition coefficient (Wildman–Crippen LogP) is 3.38. The lowest BCUT2D eigenvalue weighted by Crippen LogP contribution is -1.95. The molecular formula is C13H11N3O. The first-order valence-electron chi connectivity index (χ1n) is 5.08. The van der Waals surface area contributed by atoms with Crippen molar-refractivity contribution in [3.05, 3.63) is 53.9 Å². The van der Waals surface area contributed by atoms with Gasteiger partial charge in [-0.2, -0.15) is 0 Å². The van der Waals surface area contributed by atoms with E-state index in [1.165, 1.54) is 7.11 Å². The van der Waals surface area contributed by atoms with Crippen LogP contribution in [0, 0.1) is 6.57 Å². The fourth-order valence-electron chi connectivity index (χ4n) is 1.41. The van der Waals surface area contributed by atoms with Crippen LogP contribution in [0.1, 0.15) is 0 Å². The fourth-order valence-corrected chi connectivity index (χ4v) is 1.41. The average Bonchev–Trinajstić information content (AvgIpc) is 2.40. The molecule has 0 radical (unpaired) electrons. The number of methoxy groups -OCH3 is 1. The summed E-state index contributed by atoms with van der Waals surface area (Å²) in [6.07, 6.45) is 0. The van der Waals surface area contributed by atoms with E-state index in [-0.39, 0.29) is 0 Å². The van der Waals surface area contributed by atoms with Crippen LogP contribution in [0.2, 0.25) is 0 Å². The molecule has 0 spiro atoms. The van der Waals surface area contributed by atoms with Crippen molar-refractivity contribution in [1.29, 1.82) is 0 Å². The number of nitrogens with one attached hydrogen (secondary N) is 1. The Labute approximate surface area is 99.7 Å². The number of anilines is 2. The number of para-hydroxylation sites is 1. The number of hydrogen-bond acceptors (Lipinski definition) is 3. The van der Waals surface area contributed by atoms with Gasteiger partial charge < -0.3 is 10.1 Å². The molecule has 0 fully saturated rings. The standard InChI is InChI=1S/C13H11N3O/c1-14-11-8-9-12(16-13(11)17-2)15-10-6-4-3-5-7-10/h3-9H,2H3,(H,15,16). The maximum absolute atomic E-state index is 6.96. The molecule has 0 saturated heterocycles. The fraction of sp³-hybridized carbons (Fsp3) is 0.0769. The Balaban J connectivity index is 2.26.